The Hall–Kier alpha value is -3.74. The van der Waals surface area contributed by atoms with Crippen molar-refractivity contribution >= 4 is 5.91 Å². The molecule has 7 heteroatoms. The summed E-state index contributed by atoms with van der Waals surface area (Å²) in [6.07, 6.45) is 5.10. The van der Waals surface area contributed by atoms with E-state index >= 15 is 0 Å². The minimum atomic E-state index is -0.391. The highest BCUT2D eigenvalue weighted by Crippen LogP contribution is 2.17. The van der Waals surface area contributed by atoms with Crippen molar-refractivity contribution < 1.29 is 9.18 Å². The molecule has 1 N–H and O–H groups in total. The lowest BCUT2D eigenvalue weighted by atomic mass is 10.1. The van der Waals surface area contributed by atoms with Crippen LogP contribution in [-0.4, -0.2) is 25.5 Å². The third kappa shape index (κ3) is 3.94. The number of hydrogen-bond acceptors (Lipinski definition) is 3. The zero-order chi connectivity index (χ0) is 20.2. The van der Waals surface area contributed by atoms with Crippen LogP contribution in [0.2, 0.25) is 0 Å². The van der Waals surface area contributed by atoms with Gasteiger partial charge in [-0.2, -0.15) is 10.2 Å². The van der Waals surface area contributed by atoms with Gasteiger partial charge in [-0.15, -0.1) is 0 Å². The van der Waals surface area contributed by atoms with E-state index < -0.39 is 5.82 Å². The molecule has 0 atom stereocenters. The summed E-state index contributed by atoms with van der Waals surface area (Å²) in [6.45, 7) is 2.75. The highest BCUT2D eigenvalue weighted by Gasteiger charge is 2.17. The van der Waals surface area contributed by atoms with E-state index in [0.717, 1.165) is 11.1 Å². The topological polar surface area (TPSA) is 64.7 Å². The molecule has 4 rings (SSSR count). The van der Waals surface area contributed by atoms with Crippen LogP contribution in [0, 0.1) is 12.7 Å². The van der Waals surface area contributed by atoms with Crippen molar-refractivity contribution in [3.8, 4) is 5.69 Å². The molecule has 0 saturated carbocycles. The number of carbonyl (C=O) groups is 1. The summed E-state index contributed by atoms with van der Waals surface area (Å²) in [5.74, 6) is -0.641. The van der Waals surface area contributed by atoms with E-state index in [1.807, 2.05) is 41.2 Å². The Morgan fingerprint density at radius 3 is 2.55 bits per heavy atom. The fourth-order valence-corrected chi connectivity index (χ4v) is 3.22. The van der Waals surface area contributed by atoms with Crippen LogP contribution in [0.1, 0.15) is 27.2 Å². The minimum absolute atomic E-state index is 0.251. The number of carbonyl (C=O) groups excluding carboxylic acids is 1. The number of rotatable bonds is 6. The van der Waals surface area contributed by atoms with Crippen molar-refractivity contribution in [1.82, 2.24) is 24.9 Å². The zero-order valence-corrected chi connectivity index (χ0v) is 15.9. The minimum Gasteiger partial charge on any atom is -0.348 e. The van der Waals surface area contributed by atoms with Crippen LogP contribution in [0.25, 0.3) is 5.69 Å². The second kappa shape index (κ2) is 8.10. The first kappa shape index (κ1) is 18.6. The molecule has 0 bridgehead atoms. The Morgan fingerprint density at radius 2 is 1.79 bits per heavy atom. The molecular weight excluding hydrogens is 369 g/mol. The van der Waals surface area contributed by atoms with E-state index in [4.69, 9.17) is 0 Å². The molecule has 2 heterocycles. The molecule has 4 aromatic rings. The van der Waals surface area contributed by atoms with Gasteiger partial charge in [-0.05, 0) is 36.2 Å². The van der Waals surface area contributed by atoms with Gasteiger partial charge < -0.3 is 5.32 Å². The van der Waals surface area contributed by atoms with E-state index in [2.05, 4.69) is 15.5 Å². The number of amides is 1. The van der Waals surface area contributed by atoms with Crippen molar-refractivity contribution in [3.63, 3.8) is 0 Å². The molecule has 2 aromatic heterocycles. The lowest BCUT2D eigenvalue weighted by molar-refractivity contribution is 0.0950. The molecule has 0 aliphatic carbocycles. The monoisotopic (exact) mass is 389 g/mol. The van der Waals surface area contributed by atoms with Gasteiger partial charge in [0.1, 0.15) is 11.5 Å². The highest BCUT2D eigenvalue weighted by atomic mass is 19.1. The average Bonchev–Trinajstić information content (AvgIpc) is 3.37. The number of nitrogens with zero attached hydrogens (tertiary/aromatic N) is 4. The Balaban J connectivity index is 1.50. The summed E-state index contributed by atoms with van der Waals surface area (Å²) in [5, 5.41) is 11.4. The molecule has 0 aliphatic heterocycles. The van der Waals surface area contributed by atoms with Crippen LogP contribution in [0.4, 0.5) is 4.39 Å². The second-order valence-electron chi connectivity index (χ2n) is 6.66. The SMILES string of the molecule is Cc1c(C(=O)NCc2ccccc2Cn2cccn2)cnn1-c1ccccc1F. The van der Waals surface area contributed by atoms with Crippen LogP contribution in [-0.2, 0) is 13.1 Å². The summed E-state index contributed by atoms with van der Waals surface area (Å²) in [6, 6.07) is 16.1. The molecule has 2 aromatic carbocycles. The normalized spacial score (nSPS) is 10.8. The molecule has 1 amide bonds. The standard InChI is InChI=1S/C22H20FN5O/c1-16-19(14-26-28(16)21-10-5-4-9-20(21)23)22(29)24-13-17-7-2-3-8-18(17)15-27-12-6-11-25-27/h2-12,14H,13,15H2,1H3,(H,24,29). The number of halogens is 1. The first-order valence-corrected chi connectivity index (χ1v) is 9.25. The molecule has 6 nitrogen and oxygen atoms in total. The molecule has 146 valence electrons. The van der Waals surface area contributed by atoms with Crippen LogP contribution >= 0.6 is 0 Å². The van der Waals surface area contributed by atoms with E-state index in [9.17, 15) is 9.18 Å². The molecule has 0 aliphatic rings. The number of para-hydroxylation sites is 1. The largest absolute Gasteiger partial charge is 0.348 e. The van der Waals surface area contributed by atoms with Gasteiger partial charge >= 0.3 is 0 Å². The first-order valence-electron chi connectivity index (χ1n) is 9.25. The summed E-state index contributed by atoms with van der Waals surface area (Å²) in [4.78, 5) is 12.7. The summed E-state index contributed by atoms with van der Waals surface area (Å²) < 4.78 is 17.3. The lowest BCUT2D eigenvalue weighted by Gasteiger charge is -2.11. The van der Waals surface area contributed by atoms with E-state index in [1.54, 1.807) is 31.3 Å². The molecule has 0 unspecified atom stereocenters. The van der Waals surface area contributed by atoms with Crippen molar-refractivity contribution in [1.29, 1.82) is 0 Å². The third-order valence-corrected chi connectivity index (χ3v) is 4.78. The molecule has 29 heavy (non-hydrogen) atoms. The van der Waals surface area contributed by atoms with Crippen molar-refractivity contribution in [2.24, 2.45) is 0 Å². The Morgan fingerprint density at radius 1 is 1.03 bits per heavy atom. The highest BCUT2D eigenvalue weighted by molar-refractivity contribution is 5.95. The number of benzene rings is 2. The van der Waals surface area contributed by atoms with Crippen molar-refractivity contribution in [3.05, 3.63) is 101 Å². The van der Waals surface area contributed by atoms with E-state index in [0.29, 0.717) is 30.0 Å². The number of nitrogens with one attached hydrogen (secondary N) is 1. The van der Waals surface area contributed by atoms with Gasteiger partial charge in [-0.25, -0.2) is 9.07 Å². The summed E-state index contributed by atoms with van der Waals surface area (Å²) in [7, 11) is 0. The smallest absolute Gasteiger partial charge is 0.255 e. The predicted molar refractivity (Wildman–Crippen MR) is 107 cm³/mol. The van der Waals surface area contributed by atoms with Gasteiger partial charge in [-0.1, -0.05) is 36.4 Å². The first-order chi connectivity index (χ1) is 14.1. The Bertz CT molecular complexity index is 1130. The van der Waals surface area contributed by atoms with Crippen LogP contribution in [0.5, 0.6) is 0 Å². The van der Waals surface area contributed by atoms with Crippen LogP contribution < -0.4 is 5.32 Å². The van der Waals surface area contributed by atoms with Gasteiger partial charge in [0.15, 0.2) is 0 Å². The summed E-state index contributed by atoms with van der Waals surface area (Å²) in [5.41, 5.74) is 3.40. The van der Waals surface area contributed by atoms with E-state index in [1.165, 1.54) is 16.9 Å². The fourth-order valence-electron chi connectivity index (χ4n) is 3.22. The quantitative estimate of drug-likeness (QED) is 0.549. The second-order valence-corrected chi connectivity index (χ2v) is 6.66. The van der Waals surface area contributed by atoms with Gasteiger partial charge in [0.2, 0.25) is 0 Å². The fraction of sp³-hybridized carbons (Fsp3) is 0.136. The lowest BCUT2D eigenvalue weighted by Crippen LogP contribution is -2.24. The molecule has 0 fully saturated rings. The van der Waals surface area contributed by atoms with E-state index in [-0.39, 0.29) is 5.91 Å². The maximum atomic E-state index is 14.1. The average molecular weight is 389 g/mol. The Kier molecular flexibility index (Phi) is 5.20. The van der Waals surface area contributed by atoms with Crippen molar-refractivity contribution in [2.75, 3.05) is 0 Å². The van der Waals surface area contributed by atoms with Crippen LogP contribution in [0.15, 0.2) is 73.2 Å². The third-order valence-electron chi connectivity index (χ3n) is 4.78. The Labute approximate surface area is 167 Å². The zero-order valence-electron chi connectivity index (χ0n) is 15.9. The molecule has 0 radical (unpaired) electrons. The number of aromatic nitrogens is 4. The molecule has 0 spiro atoms. The van der Waals surface area contributed by atoms with Gasteiger partial charge in [0, 0.05) is 18.9 Å². The summed E-state index contributed by atoms with van der Waals surface area (Å²) >= 11 is 0. The predicted octanol–water partition coefficient (Wildman–Crippen LogP) is 3.49. The molecule has 0 saturated heterocycles. The maximum absolute atomic E-state index is 14.1. The van der Waals surface area contributed by atoms with Gasteiger partial charge in [0.05, 0.1) is 24.0 Å². The van der Waals surface area contributed by atoms with Crippen LogP contribution in [0.3, 0.4) is 0 Å². The van der Waals surface area contributed by atoms with Gasteiger partial charge in [0.25, 0.3) is 5.91 Å². The molecular formula is C22H20FN5O. The van der Waals surface area contributed by atoms with Gasteiger partial charge in [-0.3, -0.25) is 9.48 Å². The maximum Gasteiger partial charge on any atom is 0.255 e. The number of hydrogen-bond donors (Lipinski definition) is 1. The van der Waals surface area contributed by atoms with Crippen molar-refractivity contribution in [2.45, 2.75) is 20.0 Å².